The van der Waals surface area contributed by atoms with E-state index in [0.717, 1.165) is 0 Å². The van der Waals surface area contributed by atoms with Crippen molar-refractivity contribution < 1.29 is 14.7 Å². The van der Waals surface area contributed by atoms with Gasteiger partial charge in [-0.1, -0.05) is 35.8 Å². The zero-order valence-corrected chi connectivity index (χ0v) is 16.3. The van der Waals surface area contributed by atoms with Crippen molar-refractivity contribution in [2.24, 2.45) is 0 Å². The number of aliphatic hydroxyl groups excluding tert-OH is 2. The molecule has 0 spiro atoms. The third-order valence-corrected chi connectivity index (χ3v) is 4.81. The van der Waals surface area contributed by atoms with Crippen molar-refractivity contribution in [3.63, 3.8) is 0 Å². The predicted molar refractivity (Wildman–Crippen MR) is 102 cm³/mol. The summed E-state index contributed by atoms with van der Waals surface area (Å²) in [5, 5.41) is 28.2. The molecule has 3 rings (SSSR count). The van der Waals surface area contributed by atoms with Gasteiger partial charge in [-0.05, 0) is 30.2 Å². The molecule has 0 aliphatic rings. The van der Waals surface area contributed by atoms with Crippen LogP contribution in [0.4, 0.5) is 0 Å². The van der Waals surface area contributed by atoms with Crippen molar-refractivity contribution in [3.05, 3.63) is 74.2 Å². The zero-order valence-electron chi connectivity index (χ0n) is 15.5. The van der Waals surface area contributed by atoms with Gasteiger partial charge in [0.25, 0.3) is 5.56 Å². The van der Waals surface area contributed by atoms with Gasteiger partial charge in [0.1, 0.15) is 6.54 Å². The van der Waals surface area contributed by atoms with Gasteiger partial charge in [0.2, 0.25) is 5.89 Å². The van der Waals surface area contributed by atoms with Gasteiger partial charge in [-0.15, -0.1) is 0 Å². The molecule has 0 unspecified atom stereocenters. The topological polar surface area (TPSA) is 114 Å². The molecule has 0 radical (unpaired) electrons. The molecule has 0 fully saturated rings. The second kappa shape index (κ2) is 8.64. The summed E-state index contributed by atoms with van der Waals surface area (Å²) in [6.45, 7) is 3.49. The van der Waals surface area contributed by atoms with Crippen molar-refractivity contribution in [1.82, 2.24) is 19.9 Å². The highest BCUT2D eigenvalue weighted by molar-refractivity contribution is 6.30. The van der Waals surface area contributed by atoms with E-state index in [1.807, 2.05) is 6.92 Å². The van der Waals surface area contributed by atoms with Crippen molar-refractivity contribution in [3.8, 4) is 0 Å². The zero-order chi connectivity index (χ0) is 20.3. The second-order valence-corrected chi connectivity index (χ2v) is 7.08. The lowest BCUT2D eigenvalue weighted by Gasteiger charge is -2.12. The molecule has 1 aromatic carbocycles. The molecule has 0 saturated carbocycles. The summed E-state index contributed by atoms with van der Waals surface area (Å²) in [5.41, 5.74) is 1.65. The van der Waals surface area contributed by atoms with Gasteiger partial charge in [0.15, 0.2) is 5.82 Å². The second-order valence-electron chi connectivity index (χ2n) is 6.65. The van der Waals surface area contributed by atoms with Crippen molar-refractivity contribution in [2.75, 3.05) is 6.61 Å². The summed E-state index contributed by atoms with van der Waals surface area (Å²) < 4.78 is 6.42. The highest BCUT2D eigenvalue weighted by Gasteiger charge is 2.17. The average molecular weight is 405 g/mol. The fourth-order valence-corrected chi connectivity index (χ4v) is 2.97. The Morgan fingerprint density at radius 2 is 2.00 bits per heavy atom. The van der Waals surface area contributed by atoms with Crippen LogP contribution in [0.2, 0.25) is 5.02 Å². The Morgan fingerprint density at radius 3 is 2.68 bits per heavy atom. The van der Waals surface area contributed by atoms with Crippen LogP contribution in [0.5, 0.6) is 0 Å². The van der Waals surface area contributed by atoms with E-state index in [-0.39, 0.29) is 36.9 Å². The molecule has 28 heavy (non-hydrogen) atoms. The molecule has 2 atom stereocenters. The van der Waals surface area contributed by atoms with Gasteiger partial charge in [-0.2, -0.15) is 10.1 Å². The van der Waals surface area contributed by atoms with Gasteiger partial charge in [-0.25, -0.2) is 4.68 Å². The highest BCUT2D eigenvalue weighted by atomic mass is 35.5. The number of halogens is 1. The molecule has 0 saturated heterocycles. The minimum atomic E-state index is -0.801. The van der Waals surface area contributed by atoms with Crippen molar-refractivity contribution in [2.45, 2.75) is 38.8 Å². The van der Waals surface area contributed by atoms with E-state index in [1.165, 1.54) is 4.68 Å². The molecule has 2 N–H and O–H groups in total. The maximum Gasteiger partial charge on any atom is 0.270 e. The summed E-state index contributed by atoms with van der Waals surface area (Å²) in [6, 6.07) is 6.86. The standard InChI is InChI=1S/C19H21ClN4O4/c1-11(10-25)15-8-21-24(19(27)12(15)2)9-18-22-17(23-28-18)7-16(26)13-3-5-14(20)6-4-13/h3-6,8,11,16,25-26H,7,9-10H2,1-2H3/t11-,16-/m0/s1. The van der Waals surface area contributed by atoms with Crippen molar-refractivity contribution in [1.29, 1.82) is 0 Å². The Labute approximate surface area is 166 Å². The fourth-order valence-electron chi connectivity index (χ4n) is 2.85. The lowest BCUT2D eigenvalue weighted by atomic mass is 10.0. The smallest absolute Gasteiger partial charge is 0.270 e. The van der Waals surface area contributed by atoms with Crippen LogP contribution in [0, 0.1) is 6.92 Å². The van der Waals surface area contributed by atoms with Gasteiger partial charge in [0, 0.05) is 29.5 Å². The highest BCUT2D eigenvalue weighted by Crippen LogP contribution is 2.19. The van der Waals surface area contributed by atoms with E-state index in [4.69, 9.17) is 16.1 Å². The summed E-state index contributed by atoms with van der Waals surface area (Å²) in [6.07, 6.45) is 0.934. The Hall–Kier alpha value is -2.55. The summed E-state index contributed by atoms with van der Waals surface area (Å²) in [4.78, 5) is 16.7. The molecule has 3 aromatic rings. The van der Waals surface area contributed by atoms with Crippen LogP contribution in [0.25, 0.3) is 0 Å². The summed E-state index contributed by atoms with van der Waals surface area (Å²) in [7, 11) is 0. The van der Waals surface area contributed by atoms with Crippen LogP contribution in [0.15, 0.2) is 39.8 Å². The number of hydrogen-bond donors (Lipinski definition) is 2. The number of benzene rings is 1. The van der Waals surface area contributed by atoms with E-state index >= 15 is 0 Å². The quantitative estimate of drug-likeness (QED) is 0.619. The van der Waals surface area contributed by atoms with Crippen LogP contribution in [0.3, 0.4) is 0 Å². The molecule has 9 heteroatoms. The van der Waals surface area contributed by atoms with E-state index < -0.39 is 6.10 Å². The van der Waals surface area contributed by atoms with Crippen LogP contribution in [-0.4, -0.2) is 36.7 Å². The third kappa shape index (κ3) is 4.46. The number of aromatic nitrogens is 4. The third-order valence-electron chi connectivity index (χ3n) is 4.56. The monoisotopic (exact) mass is 404 g/mol. The first-order valence-corrected chi connectivity index (χ1v) is 9.19. The normalized spacial score (nSPS) is 13.5. The minimum absolute atomic E-state index is 0.0253. The molecule has 2 heterocycles. The number of nitrogens with zero attached hydrogens (tertiary/aromatic N) is 4. The van der Waals surface area contributed by atoms with Crippen LogP contribution < -0.4 is 5.56 Å². The van der Waals surface area contributed by atoms with Gasteiger partial charge >= 0.3 is 0 Å². The van der Waals surface area contributed by atoms with E-state index in [1.54, 1.807) is 37.4 Å². The van der Waals surface area contributed by atoms with E-state index in [9.17, 15) is 15.0 Å². The SMILES string of the molecule is Cc1c([C@@H](C)CO)cnn(Cc2nc(C[C@H](O)c3ccc(Cl)cc3)no2)c1=O. The van der Waals surface area contributed by atoms with E-state index in [2.05, 4.69) is 15.2 Å². The molecule has 0 aliphatic carbocycles. The molecule has 148 valence electrons. The van der Waals surface area contributed by atoms with Crippen LogP contribution in [-0.2, 0) is 13.0 Å². The Balaban J connectivity index is 1.72. The maximum atomic E-state index is 12.5. The van der Waals surface area contributed by atoms with Gasteiger partial charge < -0.3 is 14.7 Å². The molecule has 0 amide bonds. The van der Waals surface area contributed by atoms with Crippen LogP contribution >= 0.6 is 11.6 Å². The summed E-state index contributed by atoms with van der Waals surface area (Å²) >= 11 is 5.85. The molecule has 0 aliphatic heterocycles. The van der Waals surface area contributed by atoms with E-state index in [0.29, 0.717) is 27.5 Å². The fraction of sp³-hybridized carbons (Fsp3) is 0.368. The Morgan fingerprint density at radius 1 is 1.29 bits per heavy atom. The maximum absolute atomic E-state index is 12.5. The Bertz CT molecular complexity index is 1000. The first-order valence-electron chi connectivity index (χ1n) is 8.81. The minimum Gasteiger partial charge on any atom is -0.396 e. The van der Waals surface area contributed by atoms with Crippen molar-refractivity contribution >= 4 is 11.6 Å². The van der Waals surface area contributed by atoms with Gasteiger partial charge in [0.05, 0.1) is 12.3 Å². The lowest BCUT2D eigenvalue weighted by molar-refractivity contribution is 0.174. The first kappa shape index (κ1) is 20.2. The molecular formula is C19H21ClN4O4. The average Bonchev–Trinajstić information content (AvgIpc) is 3.12. The molecule has 2 aromatic heterocycles. The van der Waals surface area contributed by atoms with Crippen LogP contribution in [0.1, 0.15) is 47.4 Å². The first-order chi connectivity index (χ1) is 13.4. The summed E-state index contributed by atoms with van der Waals surface area (Å²) in [5.74, 6) is 0.377. The van der Waals surface area contributed by atoms with Gasteiger partial charge in [-0.3, -0.25) is 4.79 Å². The number of hydrogen-bond acceptors (Lipinski definition) is 7. The number of aliphatic hydroxyl groups is 2. The predicted octanol–water partition coefficient (Wildman–Crippen LogP) is 2.01. The number of rotatable bonds is 7. The molecule has 8 nitrogen and oxygen atoms in total. The molecular weight excluding hydrogens is 384 g/mol. The Kier molecular flexibility index (Phi) is 6.23. The molecule has 0 bridgehead atoms. The lowest BCUT2D eigenvalue weighted by Crippen LogP contribution is -2.27. The largest absolute Gasteiger partial charge is 0.396 e.